The number of fused-ring (bicyclic) bond motifs is 1. The summed E-state index contributed by atoms with van der Waals surface area (Å²) in [6.07, 6.45) is 5.30. The highest BCUT2D eigenvalue weighted by Gasteiger charge is 2.24. The minimum atomic E-state index is -0.797. The van der Waals surface area contributed by atoms with Crippen molar-refractivity contribution in [3.05, 3.63) is 24.0 Å². The average Bonchev–Trinajstić information content (AvgIpc) is 3.07. The maximum atomic E-state index is 11.3. The van der Waals surface area contributed by atoms with Gasteiger partial charge in [0.05, 0.1) is 5.52 Å². The van der Waals surface area contributed by atoms with Gasteiger partial charge in [-0.2, -0.15) is 0 Å². The molecule has 0 unspecified atom stereocenters. The minimum absolute atomic E-state index is 0.432. The zero-order chi connectivity index (χ0) is 18.6. The predicted molar refractivity (Wildman–Crippen MR) is 105 cm³/mol. The number of amides is 1. The molecular weight excluding hydrogens is 342 g/mol. The highest BCUT2D eigenvalue weighted by atomic mass is 16.5. The number of likely N-dealkylation sites (tertiary alicyclic amines) is 1. The molecule has 0 atom stereocenters. The molecule has 1 aromatic carbocycles. The fraction of sp³-hybridized carbons (Fsp3) is 0.600. The second-order valence-corrected chi connectivity index (χ2v) is 7.59. The summed E-state index contributed by atoms with van der Waals surface area (Å²) in [6, 6.07) is 5.74. The molecule has 2 saturated heterocycles. The molecule has 7 heteroatoms. The number of nitrogens with two attached hydrogens (primary N) is 1. The molecule has 7 nitrogen and oxygen atoms in total. The molecule has 2 aromatic rings. The molecule has 0 spiro atoms. The van der Waals surface area contributed by atoms with Crippen molar-refractivity contribution < 1.29 is 9.53 Å². The lowest BCUT2D eigenvalue weighted by Crippen LogP contribution is -2.33. The molecule has 0 aliphatic carbocycles. The minimum Gasteiger partial charge on any atom is -0.408 e. The normalized spacial score (nSPS) is 19.4. The van der Waals surface area contributed by atoms with E-state index >= 15 is 0 Å². The monoisotopic (exact) mass is 371 g/mol. The maximum absolute atomic E-state index is 11.3. The molecule has 27 heavy (non-hydrogen) atoms. The molecule has 0 bridgehead atoms. The van der Waals surface area contributed by atoms with Gasteiger partial charge in [0.1, 0.15) is 11.3 Å². The zero-order valence-electron chi connectivity index (χ0n) is 15.8. The molecule has 0 radical (unpaired) electrons. The number of nitrogens with one attached hydrogen (secondary N) is 1. The number of ether oxygens (including phenoxy) is 1. The summed E-state index contributed by atoms with van der Waals surface area (Å²) in [5.41, 5.74) is 7.02. The Morgan fingerprint density at radius 3 is 2.70 bits per heavy atom. The average molecular weight is 371 g/mol. The zero-order valence-corrected chi connectivity index (χ0v) is 15.8. The number of piperidine rings is 2. The summed E-state index contributed by atoms with van der Waals surface area (Å²) in [5, 5.41) is 3.43. The molecule has 2 fully saturated rings. The Morgan fingerprint density at radius 2 is 1.96 bits per heavy atom. The molecule has 3 N–H and O–H groups in total. The predicted octanol–water partition coefficient (Wildman–Crippen LogP) is 2.45. The molecule has 1 amide bonds. The van der Waals surface area contributed by atoms with Crippen LogP contribution in [0.1, 0.15) is 43.8 Å². The number of nitrogens with zero attached hydrogens (tertiary/aromatic N) is 3. The van der Waals surface area contributed by atoms with E-state index in [1.165, 1.54) is 32.4 Å². The number of hydrogen-bond donors (Lipinski definition) is 2. The van der Waals surface area contributed by atoms with Crippen molar-refractivity contribution in [1.29, 1.82) is 0 Å². The Balaban J connectivity index is 1.67. The fourth-order valence-electron chi connectivity index (χ4n) is 4.38. The van der Waals surface area contributed by atoms with Crippen LogP contribution in [0.25, 0.3) is 11.0 Å². The van der Waals surface area contributed by atoms with Crippen LogP contribution in [0, 0.1) is 0 Å². The Labute approximate surface area is 159 Å². The van der Waals surface area contributed by atoms with Crippen molar-refractivity contribution in [1.82, 2.24) is 19.8 Å². The third-order valence-electron chi connectivity index (χ3n) is 5.77. The van der Waals surface area contributed by atoms with Crippen molar-refractivity contribution in [2.45, 2.75) is 44.6 Å². The lowest BCUT2D eigenvalue weighted by atomic mass is 9.97. The van der Waals surface area contributed by atoms with E-state index in [9.17, 15) is 4.79 Å². The van der Waals surface area contributed by atoms with Gasteiger partial charge in [0.15, 0.2) is 5.75 Å². The summed E-state index contributed by atoms with van der Waals surface area (Å²) in [7, 11) is 0. The van der Waals surface area contributed by atoms with E-state index in [0.29, 0.717) is 11.7 Å². The lowest BCUT2D eigenvalue weighted by molar-refractivity contribution is 0.211. The number of primary amides is 1. The van der Waals surface area contributed by atoms with Gasteiger partial charge < -0.3 is 25.3 Å². The molecule has 1 aromatic heterocycles. The van der Waals surface area contributed by atoms with Crippen molar-refractivity contribution in [3.8, 4) is 5.75 Å². The number of imidazole rings is 1. The second-order valence-electron chi connectivity index (χ2n) is 7.59. The van der Waals surface area contributed by atoms with E-state index in [0.717, 1.165) is 55.9 Å². The first-order valence-corrected chi connectivity index (χ1v) is 10.1. The molecule has 2 aliphatic heterocycles. The van der Waals surface area contributed by atoms with Gasteiger partial charge in [-0.3, -0.25) is 0 Å². The SMILES string of the molecule is NC(=O)Oc1cccc2c1nc(C1CCNCC1)n2CCN1CCCCC1. The van der Waals surface area contributed by atoms with Crippen molar-refractivity contribution in [2.24, 2.45) is 5.73 Å². The molecular formula is C20H29N5O2. The number of carbonyl (C=O) groups excluding carboxylic acids is 1. The first-order valence-electron chi connectivity index (χ1n) is 10.1. The summed E-state index contributed by atoms with van der Waals surface area (Å²) in [6.45, 7) is 6.35. The number of hydrogen-bond acceptors (Lipinski definition) is 5. The van der Waals surface area contributed by atoms with Gasteiger partial charge in [0.2, 0.25) is 0 Å². The van der Waals surface area contributed by atoms with E-state index in [1.807, 2.05) is 6.07 Å². The Kier molecular flexibility index (Phi) is 5.59. The van der Waals surface area contributed by atoms with E-state index in [2.05, 4.69) is 20.9 Å². The van der Waals surface area contributed by atoms with Crippen LogP contribution in [-0.2, 0) is 6.54 Å². The molecule has 4 rings (SSSR count). The summed E-state index contributed by atoms with van der Waals surface area (Å²) in [4.78, 5) is 18.8. The standard InChI is InChI=1S/C20H29N5O2/c21-20(26)27-17-6-4-5-16-18(17)23-19(15-7-9-22-10-8-15)25(16)14-13-24-11-2-1-3-12-24/h4-6,15,22H,1-3,7-14H2,(H2,21,26). The number of carbonyl (C=O) groups is 1. The van der Waals surface area contributed by atoms with E-state index in [-0.39, 0.29) is 0 Å². The van der Waals surface area contributed by atoms with Crippen LogP contribution in [0.5, 0.6) is 5.75 Å². The summed E-state index contributed by atoms with van der Waals surface area (Å²) in [5.74, 6) is 2.00. The summed E-state index contributed by atoms with van der Waals surface area (Å²) >= 11 is 0. The van der Waals surface area contributed by atoms with Crippen molar-refractivity contribution in [2.75, 3.05) is 32.7 Å². The van der Waals surface area contributed by atoms with Crippen LogP contribution in [0.3, 0.4) is 0 Å². The number of aromatic nitrogens is 2. The van der Waals surface area contributed by atoms with Crippen LogP contribution in [-0.4, -0.2) is 53.3 Å². The molecule has 0 saturated carbocycles. The number of rotatable bonds is 5. The molecule has 2 aliphatic rings. The van der Waals surface area contributed by atoms with Gasteiger partial charge in [0, 0.05) is 19.0 Å². The Bertz CT molecular complexity index is 791. The highest BCUT2D eigenvalue weighted by Crippen LogP contribution is 2.32. The van der Waals surface area contributed by atoms with Crippen LogP contribution in [0.15, 0.2) is 18.2 Å². The van der Waals surface area contributed by atoms with Crippen molar-refractivity contribution >= 4 is 17.1 Å². The first-order chi connectivity index (χ1) is 13.2. The molecule has 146 valence electrons. The topological polar surface area (TPSA) is 85.4 Å². The van der Waals surface area contributed by atoms with Gasteiger partial charge in [-0.05, 0) is 64.0 Å². The summed E-state index contributed by atoms with van der Waals surface area (Å²) < 4.78 is 7.56. The first kappa shape index (κ1) is 18.3. The van der Waals surface area contributed by atoms with Gasteiger partial charge in [-0.15, -0.1) is 0 Å². The van der Waals surface area contributed by atoms with Gasteiger partial charge >= 0.3 is 6.09 Å². The smallest absolute Gasteiger partial charge is 0.408 e. The van der Waals surface area contributed by atoms with Crippen LogP contribution in [0.2, 0.25) is 0 Å². The van der Waals surface area contributed by atoms with E-state index < -0.39 is 6.09 Å². The van der Waals surface area contributed by atoms with Gasteiger partial charge in [-0.25, -0.2) is 9.78 Å². The molecule has 3 heterocycles. The van der Waals surface area contributed by atoms with Gasteiger partial charge in [-0.1, -0.05) is 12.5 Å². The largest absolute Gasteiger partial charge is 0.410 e. The lowest BCUT2D eigenvalue weighted by Gasteiger charge is -2.28. The maximum Gasteiger partial charge on any atom is 0.410 e. The van der Waals surface area contributed by atoms with E-state index in [1.54, 1.807) is 6.07 Å². The number of para-hydroxylation sites is 1. The highest BCUT2D eigenvalue weighted by molar-refractivity contribution is 5.85. The third kappa shape index (κ3) is 4.09. The van der Waals surface area contributed by atoms with Crippen LogP contribution in [0.4, 0.5) is 4.79 Å². The van der Waals surface area contributed by atoms with Crippen LogP contribution < -0.4 is 15.8 Å². The Morgan fingerprint density at radius 1 is 1.19 bits per heavy atom. The third-order valence-corrected chi connectivity index (χ3v) is 5.77. The second kappa shape index (κ2) is 8.27. The fourth-order valence-corrected chi connectivity index (χ4v) is 4.38. The quantitative estimate of drug-likeness (QED) is 0.843. The number of benzene rings is 1. The van der Waals surface area contributed by atoms with Crippen molar-refractivity contribution in [3.63, 3.8) is 0 Å². The van der Waals surface area contributed by atoms with Gasteiger partial charge in [0.25, 0.3) is 0 Å². The van der Waals surface area contributed by atoms with Crippen LogP contribution >= 0.6 is 0 Å². The van der Waals surface area contributed by atoms with E-state index in [4.69, 9.17) is 15.5 Å². The Hall–Kier alpha value is -2.12.